The highest BCUT2D eigenvalue weighted by Gasteiger charge is 2.23. The maximum atomic E-state index is 13.8. The van der Waals surface area contributed by atoms with E-state index in [2.05, 4.69) is 21.2 Å². The van der Waals surface area contributed by atoms with Gasteiger partial charge in [-0.1, -0.05) is 35.0 Å². The number of hydrogen-bond acceptors (Lipinski definition) is 5. The van der Waals surface area contributed by atoms with Crippen molar-refractivity contribution in [3.05, 3.63) is 70.5 Å². The van der Waals surface area contributed by atoms with Gasteiger partial charge in [0.25, 0.3) is 5.91 Å². The van der Waals surface area contributed by atoms with Crippen LogP contribution in [0.25, 0.3) is 0 Å². The first-order valence-corrected chi connectivity index (χ1v) is 8.93. The maximum absolute atomic E-state index is 13.8. The van der Waals surface area contributed by atoms with Crippen LogP contribution in [-0.4, -0.2) is 22.3 Å². The minimum Gasteiger partial charge on any atom is -0.505 e. The topological polar surface area (TPSA) is 108 Å². The summed E-state index contributed by atoms with van der Waals surface area (Å²) in [5, 5.41) is 20.5. The highest BCUT2D eigenvalue weighted by Crippen LogP contribution is 2.30. The molecule has 148 valence electrons. The van der Waals surface area contributed by atoms with Crippen molar-refractivity contribution in [2.24, 2.45) is 5.92 Å². The van der Waals surface area contributed by atoms with Crippen LogP contribution in [0.2, 0.25) is 0 Å². The van der Waals surface area contributed by atoms with Crippen LogP contribution >= 0.6 is 15.9 Å². The third-order valence-electron chi connectivity index (χ3n) is 3.76. The van der Waals surface area contributed by atoms with Gasteiger partial charge in [0.15, 0.2) is 11.6 Å². The minimum atomic E-state index is -0.965. The number of aromatic hydroxyl groups is 1. The van der Waals surface area contributed by atoms with Gasteiger partial charge in [-0.3, -0.25) is 15.3 Å². The molecule has 2 atom stereocenters. The van der Waals surface area contributed by atoms with E-state index in [1.54, 1.807) is 31.2 Å². The second-order valence-electron chi connectivity index (χ2n) is 5.86. The molecule has 2 aromatic rings. The number of rotatable bonds is 6. The average molecular weight is 453 g/mol. The predicted molar refractivity (Wildman–Crippen MR) is 103 cm³/mol. The molecule has 0 spiro atoms. The zero-order valence-electron chi connectivity index (χ0n) is 14.7. The van der Waals surface area contributed by atoms with E-state index in [9.17, 15) is 19.1 Å². The lowest BCUT2D eigenvalue weighted by molar-refractivity contribution is -0.124. The molecule has 7 nitrogen and oxygen atoms in total. The predicted octanol–water partition coefficient (Wildman–Crippen LogP) is 4.28. The molecule has 0 unspecified atom stereocenters. The Morgan fingerprint density at radius 2 is 1.89 bits per heavy atom. The van der Waals surface area contributed by atoms with Crippen molar-refractivity contribution in [1.82, 2.24) is 5.48 Å². The number of benzene rings is 2. The summed E-state index contributed by atoms with van der Waals surface area (Å²) < 4.78 is 20.0. The van der Waals surface area contributed by atoms with Gasteiger partial charge in [-0.15, -0.1) is 0 Å². The Kier molecular flexibility index (Phi) is 7.53. The summed E-state index contributed by atoms with van der Waals surface area (Å²) >= 11 is 3.29. The van der Waals surface area contributed by atoms with E-state index in [1.165, 1.54) is 17.6 Å². The monoisotopic (exact) mass is 452 g/mol. The molecule has 9 heteroatoms. The Morgan fingerprint density at radius 3 is 2.50 bits per heavy atom. The molecule has 0 saturated heterocycles. The molecule has 0 bridgehead atoms. The van der Waals surface area contributed by atoms with E-state index in [1.807, 2.05) is 0 Å². The van der Waals surface area contributed by atoms with Crippen molar-refractivity contribution in [1.29, 1.82) is 0 Å². The first kappa shape index (κ1) is 21.4. The van der Waals surface area contributed by atoms with Crippen molar-refractivity contribution >= 4 is 33.6 Å². The summed E-state index contributed by atoms with van der Waals surface area (Å²) in [6, 6.07) is 10.4. The van der Waals surface area contributed by atoms with Crippen molar-refractivity contribution in [2.75, 3.05) is 5.32 Å². The quantitative estimate of drug-likeness (QED) is 0.297. The van der Waals surface area contributed by atoms with Crippen LogP contribution in [0.1, 0.15) is 18.6 Å². The molecule has 2 amide bonds. The Balaban J connectivity index is 2.22. The van der Waals surface area contributed by atoms with E-state index in [0.717, 1.165) is 22.7 Å². The summed E-state index contributed by atoms with van der Waals surface area (Å²) in [6.45, 7) is 1.64. The Morgan fingerprint density at radius 1 is 1.21 bits per heavy atom. The normalized spacial score (nSPS) is 13.0. The first-order chi connectivity index (χ1) is 13.3. The van der Waals surface area contributed by atoms with Crippen LogP contribution in [0.5, 0.6) is 5.75 Å². The fourth-order valence-corrected chi connectivity index (χ4v) is 2.62. The molecular formula is C19H18BrFN2O5. The van der Waals surface area contributed by atoms with Gasteiger partial charge in [-0.05, 0) is 42.0 Å². The van der Waals surface area contributed by atoms with Crippen molar-refractivity contribution in [3.8, 4) is 5.75 Å². The van der Waals surface area contributed by atoms with Crippen LogP contribution in [0.4, 0.5) is 14.9 Å². The summed E-state index contributed by atoms with van der Waals surface area (Å²) in [7, 11) is 0. The number of hydrogen-bond donors (Lipinski definition) is 4. The van der Waals surface area contributed by atoms with Crippen LogP contribution < -0.4 is 10.8 Å². The number of anilines is 1. The number of carbonyl (C=O) groups excluding carboxylic acids is 2. The number of carbonyl (C=O) groups is 2. The molecule has 0 saturated carbocycles. The number of amides is 2. The molecule has 0 fully saturated rings. The van der Waals surface area contributed by atoms with Gasteiger partial charge < -0.3 is 9.84 Å². The largest absolute Gasteiger partial charge is 0.505 e. The molecule has 0 heterocycles. The molecular weight excluding hydrogens is 435 g/mol. The van der Waals surface area contributed by atoms with Gasteiger partial charge >= 0.3 is 6.09 Å². The van der Waals surface area contributed by atoms with Crippen LogP contribution in [0.3, 0.4) is 0 Å². The highest BCUT2D eigenvalue weighted by molar-refractivity contribution is 9.10. The van der Waals surface area contributed by atoms with E-state index < -0.39 is 35.6 Å². The van der Waals surface area contributed by atoms with Gasteiger partial charge in [0.1, 0.15) is 6.10 Å². The number of ether oxygens (including phenoxy) is 1. The minimum absolute atomic E-state index is 0.280. The van der Waals surface area contributed by atoms with E-state index in [0.29, 0.717) is 5.69 Å². The van der Waals surface area contributed by atoms with Crippen molar-refractivity contribution in [2.45, 2.75) is 13.0 Å². The zero-order chi connectivity index (χ0) is 20.7. The molecule has 0 radical (unpaired) electrons. The van der Waals surface area contributed by atoms with Crippen molar-refractivity contribution < 1.29 is 29.0 Å². The number of nitrogens with one attached hydrogen (secondary N) is 2. The fourth-order valence-electron chi connectivity index (χ4n) is 2.35. The summed E-state index contributed by atoms with van der Waals surface area (Å²) in [4.78, 5) is 23.5. The Labute approximate surface area is 168 Å². The third kappa shape index (κ3) is 6.07. The Hall–Kier alpha value is -2.91. The van der Waals surface area contributed by atoms with Crippen LogP contribution in [0.15, 0.2) is 59.1 Å². The van der Waals surface area contributed by atoms with Crippen LogP contribution in [-0.2, 0) is 9.53 Å². The molecule has 2 aromatic carbocycles. The first-order valence-electron chi connectivity index (χ1n) is 8.14. The number of halogens is 2. The molecule has 4 N–H and O–H groups in total. The molecule has 0 aliphatic carbocycles. The van der Waals surface area contributed by atoms with Gasteiger partial charge in [0.05, 0.1) is 0 Å². The average Bonchev–Trinajstić information content (AvgIpc) is 2.68. The number of hydroxylamine groups is 1. The lowest BCUT2D eigenvalue weighted by Gasteiger charge is -2.23. The molecule has 0 aliphatic heterocycles. The fraction of sp³-hybridized carbons (Fsp3) is 0.158. The van der Waals surface area contributed by atoms with Crippen LogP contribution in [0, 0.1) is 11.7 Å². The zero-order valence-corrected chi connectivity index (χ0v) is 16.3. The second-order valence-corrected chi connectivity index (χ2v) is 6.78. The van der Waals surface area contributed by atoms with Gasteiger partial charge in [-0.2, -0.15) is 0 Å². The molecule has 2 rings (SSSR count). The molecule has 0 aromatic heterocycles. The third-order valence-corrected chi connectivity index (χ3v) is 4.29. The maximum Gasteiger partial charge on any atom is 0.412 e. The van der Waals surface area contributed by atoms with E-state index >= 15 is 0 Å². The standard InChI is InChI=1S/C19H18BrFN2O5/c1-11(2-9-17(25)23-27)18(12-3-8-16(24)15(21)10-12)28-19(26)22-14-6-4-13(20)5-7-14/h2-11,18,24,27H,1H3,(H,22,26)(H,23,25)/b9-2+/t11-,18-/m0/s1. The summed E-state index contributed by atoms with van der Waals surface area (Å²) in [6.07, 6.45) is 0.708. The number of phenolic OH excluding ortho intramolecular Hbond substituents is 1. The lowest BCUT2D eigenvalue weighted by atomic mass is 9.96. The molecule has 0 aliphatic rings. The van der Waals surface area contributed by atoms with Gasteiger partial charge in [-0.25, -0.2) is 14.7 Å². The Bertz CT molecular complexity index is 873. The van der Waals surface area contributed by atoms with Gasteiger partial charge in [0, 0.05) is 22.2 Å². The van der Waals surface area contributed by atoms with E-state index in [4.69, 9.17) is 9.94 Å². The number of phenols is 1. The summed E-state index contributed by atoms with van der Waals surface area (Å²) in [5.74, 6) is -2.73. The summed E-state index contributed by atoms with van der Waals surface area (Å²) in [5.41, 5.74) is 2.22. The highest BCUT2D eigenvalue weighted by atomic mass is 79.9. The lowest BCUT2D eigenvalue weighted by Crippen LogP contribution is -2.22. The molecule has 28 heavy (non-hydrogen) atoms. The van der Waals surface area contributed by atoms with Crippen molar-refractivity contribution in [3.63, 3.8) is 0 Å². The second kappa shape index (κ2) is 9.86. The smallest absolute Gasteiger partial charge is 0.412 e. The van der Waals surface area contributed by atoms with E-state index in [-0.39, 0.29) is 5.56 Å². The SMILES string of the molecule is C[C@@H](/C=C/C(=O)NO)[C@H](OC(=O)Nc1ccc(Br)cc1)c1ccc(O)c(F)c1. The van der Waals surface area contributed by atoms with Gasteiger partial charge in [0.2, 0.25) is 0 Å².